The van der Waals surface area contributed by atoms with Gasteiger partial charge >= 0.3 is 0 Å². The number of likely N-dealkylation sites (tertiary alicyclic amines) is 1. The molecule has 1 saturated carbocycles. The summed E-state index contributed by atoms with van der Waals surface area (Å²) in [6.07, 6.45) is 5.62. The quantitative estimate of drug-likeness (QED) is 0.552. The first-order valence-electron chi connectivity index (χ1n) is 5.47. The molecule has 0 radical (unpaired) electrons. The van der Waals surface area contributed by atoms with Gasteiger partial charge in [-0.15, -0.1) is 0 Å². The van der Waals surface area contributed by atoms with Gasteiger partial charge in [-0.1, -0.05) is 33.3 Å². The van der Waals surface area contributed by atoms with Gasteiger partial charge in [-0.05, 0) is 18.8 Å². The molecule has 2 unspecified atom stereocenters. The van der Waals surface area contributed by atoms with E-state index in [1.54, 1.807) is 0 Å². The van der Waals surface area contributed by atoms with Gasteiger partial charge in [0.1, 0.15) is 0 Å². The third-order valence-electron chi connectivity index (χ3n) is 4.32. The van der Waals surface area contributed by atoms with Crippen LogP contribution in [0.2, 0.25) is 0 Å². The van der Waals surface area contributed by atoms with Crippen molar-refractivity contribution in [2.24, 2.45) is 11.3 Å². The molecule has 1 nitrogen and oxygen atoms in total. The van der Waals surface area contributed by atoms with E-state index < -0.39 is 0 Å². The summed E-state index contributed by atoms with van der Waals surface area (Å²) in [6, 6.07) is 0.788. The van der Waals surface area contributed by atoms with Gasteiger partial charge in [0.05, 0.1) is 0 Å². The zero-order valence-corrected chi connectivity index (χ0v) is 9.14. The minimum atomic E-state index is 0.347. The van der Waals surface area contributed by atoms with E-state index >= 15 is 0 Å². The molecule has 74 valence electrons. The van der Waals surface area contributed by atoms with Crippen molar-refractivity contribution >= 4 is 0 Å². The Hall–Kier alpha value is -0.460. The van der Waals surface area contributed by atoms with Crippen LogP contribution in [0.15, 0.2) is 12.3 Å². The Morgan fingerprint density at radius 1 is 1.31 bits per heavy atom. The normalized spacial score (nSPS) is 37.8. The van der Waals surface area contributed by atoms with Crippen LogP contribution in [-0.4, -0.2) is 18.0 Å². The van der Waals surface area contributed by atoms with Crippen LogP contribution in [0.3, 0.4) is 0 Å². The van der Waals surface area contributed by atoms with Crippen LogP contribution in [0.4, 0.5) is 0 Å². The third-order valence-corrected chi connectivity index (χ3v) is 4.32. The lowest BCUT2D eigenvalue weighted by Gasteiger charge is -2.33. The maximum Gasteiger partial charge on any atom is 0.0320 e. The van der Waals surface area contributed by atoms with Gasteiger partial charge in [-0.3, -0.25) is 0 Å². The maximum atomic E-state index is 4.24. The van der Waals surface area contributed by atoms with Gasteiger partial charge < -0.3 is 4.90 Å². The predicted octanol–water partition coefficient (Wildman–Crippen LogP) is 3.03. The lowest BCUT2D eigenvalue weighted by atomic mass is 9.71. The molecule has 1 saturated heterocycles. The Labute approximate surface area is 81.8 Å². The highest BCUT2D eigenvalue weighted by atomic mass is 15.2. The summed E-state index contributed by atoms with van der Waals surface area (Å²) in [5.74, 6) is 0.860. The van der Waals surface area contributed by atoms with Crippen molar-refractivity contribution in [1.29, 1.82) is 0 Å². The highest BCUT2D eigenvalue weighted by molar-refractivity contribution is 5.18. The Balaban J connectivity index is 2.29. The van der Waals surface area contributed by atoms with Crippen molar-refractivity contribution in [3.8, 4) is 0 Å². The molecule has 2 aliphatic rings. The minimum Gasteiger partial charge on any atom is -0.375 e. The zero-order chi connectivity index (χ0) is 9.64. The van der Waals surface area contributed by atoms with Crippen LogP contribution in [0, 0.1) is 11.3 Å². The number of fused-ring (bicyclic) bond motifs is 1. The first-order valence-corrected chi connectivity index (χ1v) is 5.47. The molecule has 2 fully saturated rings. The van der Waals surface area contributed by atoms with Crippen LogP contribution >= 0.6 is 0 Å². The fourth-order valence-electron chi connectivity index (χ4n) is 3.29. The molecule has 2 atom stereocenters. The minimum absolute atomic E-state index is 0.347. The zero-order valence-electron chi connectivity index (χ0n) is 9.14. The molecule has 0 aromatic carbocycles. The molecule has 0 aromatic rings. The number of allylic oxidation sites excluding steroid dienone is 1. The molecule has 1 aliphatic carbocycles. The second kappa shape index (κ2) is 2.76. The van der Waals surface area contributed by atoms with Crippen LogP contribution in [0.25, 0.3) is 0 Å². The molecule has 13 heavy (non-hydrogen) atoms. The van der Waals surface area contributed by atoms with E-state index in [-0.39, 0.29) is 0 Å². The van der Waals surface area contributed by atoms with Gasteiger partial charge in [0.2, 0.25) is 0 Å². The number of hydrogen-bond donors (Lipinski definition) is 0. The van der Waals surface area contributed by atoms with Crippen molar-refractivity contribution in [3.05, 3.63) is 12.3 Å². The van der Waals surface area contributed by atoms with E-state index in [0.29, 0.717) is 5.41 Å². The number of rotatable bonds is 0. The van der Waals surface area contributed by atoms with Crippen molar-refractivity contribution in [2.45, 2.75) is 45.6 Å². The first kappa shape index (κ1) is 9.11. The van der Waals surface area contributed by atoms with E-state index in [9.17, 15) is 0 Å². The molecule has 0 bridgehead atoms. The highest BCUT2D eigenvalue weighted by Crippen LogP contribution is 2.51. The summed E-state index contributed by atoms with van der Waals surface area (Å²) in [5, 5.41) is 0. The molecule has 1 heteroatoms. The number of nitrogens with zero attached hydrogens (tertiary/aromatic N) is 1. The van der Waals surface area contributed by atoms with E-state index in [1.807, 2.05) is 0 Å². The average molecular weight is 179 g/mol. The molecule has 1 aliphatic heterocycles. The fraction of sp³-hybridized carbons (Fsp3) is 0.833. The van der Waals surface area contributed by atoms with E-state index in [2.05, 4.69) is 32.4 Å². The summed E-state index contributed by atoms with van der Waals surface area (Å²) >= 11 is 0. The number of hydrogen-bond acceptors (Lipinski definition) is 1. The second-order valence-corrected chi connectivity index (χ2v) is 5.24. The van der Waals surface area contributed by atoms with Crippen molar-refractivity contribution in [1.82, 2.24) is 4.90 Å². The topological polar surface area (TPSA) is 3.24 Å². The van der Waals surface area contributed by atoms with Crippen molar-refractivity contribution in [3.63, 3.8) is 0 Å². The molecule has 1 heterocycles. The Morgan fingerprint density at radius 2 is 1.92 bits per heavy atom. The maximum absolute atomic E-state index is 4.24. The van der Waals surface area contributed by atoms with Gasteiger partial charge in [0, 0.05) is 24.2 Å². The summed E-state index contributed by atoms with van der Waals surface area (Å²) < 4.78 is 0. The van der Waals surface area contributed by atoms with Crippen LogP contribution in [0.1, 0.15) is 39.5 Å². The monoisotopic (exact) mass is 179 g/mol. The van der Waals surface area contributed by atoms with Gasteiger partial charge in [0.15, 0.2) is 0 Å². The lowest BCUT2D eigenvalue weighted by molar-refractivity contribution is 0.183. The molecular formula is C12H21N. The molecule has 0 spiro atoms. The van der Waals surface area contributed by atoms with Crippen molar-refractivity contribution in [2.75, 3.05) is 7.05 Å². The summed E-state index contributed by atoms with van der Waals surface area (Å²) in [5.41, 5.74) is 1.70. The molecule has 0 amide bonds. The molecule has 0 aromatic heterocycles. The van der Waals surface area contributed by atoms with Crippen LogP contribution in [0.5, 0.6) is 0 Å². The second-order valence-electron chi connectivity index (χ2n) is 5.24. The van der Waals surface area contributed by atoms with Crippen LogP contribution < -0.4 is 0 Å². The standard InChI is InChI=1S/C12H21N/c1-9-12(2,3)10-7-5-6-8-11(10)13(9)4/h10-11H,1,5-8H2,2-4H3. The summed E-state index contributed by atoms with van der Waals surface area (Å²) in [6.45, 7) is 8.96. The smallest absolute Gasteiger partial charge is 0.0320 e. The molecule has 0 N–H and O–H groups in total. The van der Waals surface area contributed by atoms with Gasteiger partial charge in [-0.25, -0.2) is 0 Å². The Bertz CT molecular complexity index is 229. The first-order chi connectivity index (χ1) is 6.05. The highest BCUT2D eigenvalue weighted by Gasteiger charge is 2.48. The van der Waals surface area contributed by atoms with Gasteiger partial charge in [-0.2, -0.15) is 0 Å². The Morgan fingerprint density at radius 3 is 2.54 bits per heavy atom. The predicted molar refractivity (Wildman–Crippen MR) is 56.4 cm³/mol. The summed E-state index contributed by atoms with van der Waals surface area (Å²) in [4.78, 5) is 2.43. The fourth-order valence-corrected chi connectivity index (χ4v) is 3.29. The van der Waals surface area contributed by atoms with Crippen LogP contribution in [-0.2, 0) is 0 Å². The van der Waals surface area contributed by atoms with Gasteiger partial charge in [0.25, 0.3) is 0 Å². The van der Waals surface area contributed by atoms with E-state index in [1.165, 1.54) is 31.4 Å². The molecule has 2 rings (SSSR count). The van der Waals surface area contributed by atoms with E-state index in [0.717, 1.165) is 12.0 Å². The van der Waals surface area contributed by atoms with Crippen molar-refractivity contribution < 1.29 is 0 Å². The van der Waals surface area contributed by atoms with E-state index in [4.69, 9.17) is 0 Å². The third kappa shape index (κ3) is 1.13. The SMILES string of the molecule is C=C1N(C)C2CCCCC2C1(C)C. The summed E-state index contributed by atoms with van der Waals surface area (Å²) in [7, 11) is 2.22. The molecular weight excluding hydrogens is 158 g/mol. The average Bonchev–Trinajstić information content (AvgIpc) is 2.30. The lowest BCUT2D eigenvalue weighted by Crippen LogP contribution is -2.32. The Kier molecular flexibility index (Phi) is 1.94. The largest absolute Gasteiger partial charge is 0.375 e.